The van der Waals surface area contributed by atoms with Crippen LogP contribution < -0.4 is 5.73 Å². The maximum absolute atomic E-state index is 12.2. The molecule has 0 amide bonds. The van der Waals surface area contributed by atoms with Crippen LogP contribution in [0, 0.1) is 0 Å². The summed E-state index contributed by atoms with van der Waals surface area (Å²) in [5, 5.41) is 4.45. The van der Waals surface area contributed by atoms with Crippen LogP contribution in [0.2, 0.25) is 0 Å². The molecule has 4 heterocycles. The summed E-state index contributed by atoms with van der Waals surface area (Å²) in [6.45, 7) is 5.37. The van der Waals surface area contributed by atoms with Gasteiger partial charge in [0.25, 0.3) is 0 Å². The summed E-state index contributed by atoms with van der Waals surface area (Å²) in [6.07, 6.45) is 5.38. The Balaban J connectivity index is 1.39. The number of likely N-dealkylation sites (N-methyl/N-ethyl adjacent to an activating group) is 1. The molecule has 0 unspecified atom stereocenters. The van der Waals surface area contributed by atoms with E-state index in [0.29, 0.717) is 29.3 Å². The van der Waals surface area contributed by atoms with Crippen LogP contribution in [0.25, 0.3) is 16.9 Å². The minimum Gasteiger partial charge on any atom is -0.382 e. The van der Waals surface area contributed by atoms with Gasteiger partial charge in [-0.25, -0.2) is 9.67 Å². The molecule has 3 aromatic rings. The van der Waals surface area contributed by atoms with E-state index in [4.69, 9.17) is 5.73 Å². The number of benzene rings is 1. The van der Waals surface area contributed by atoms with Gasteiger partial charge in [0.1, 0.15) is 5.69 Å². The molecule has 31 heavy (non-hydrogen) atoms. The van der Waals surface area contributed by atoms with Crippen molar-refractivity contribution in [2.75, 3.05) is 39.0 Å². The van der Waals surface area contributed by atoms with Crippen molar-refractivity contribution in [1.29, 1.82) is 0 Å². The van der Waals surface area contributed by atoms with Crippen LogP contribution in [-0.2, 0) is 6.54 Å². The number of Topliss-reactive ketones (excluding diaryl/α,β-unsaturated/α-hetero) is 1. The third-order valence-electron chi connectivity index (χ3n) is 5.93. The van der Waals surface area contributed by atoms with E-state index >= 15 is 0 Å². The molecule has 5 rings (SSSR count). The highest BCUT2D eigenvalue weighted by Crippen LogP contribution is 2.32. The fraction of sp³-hybridized carbons (Fsp3) is 0.304. The molecule has 2 aliphatic heterocycles. The highest BCUT2D eigenvalue weighted by atomic mass is 16.1. The Morgan fingerprint density at radius 1 is 1.03 bits per heavy atom. The Labute approximate surface area is 181 Å². The molecule has 0 radical (unpaired) electrons. The predicted octanol–water partition coefficient (Wildman–Crippen LogP) is 2.55. The third-order valence-corrected chi connectivity index (χ3v) is 5.93. The molecular formula is C23H25N7O. The fourth-order valence-electron chi connectivity index (χ4n) is 4.06. The number of ketones is 1. The second-order valence-corrected chi connectivity index (χ2v) is 8.12. The normalized spacial score (nSPS) is 17.1. The predicted molar refractivity (Wildman–Crippen MR) is 121 cm³/mol. The lowest BCUT2D eigenvalue weighted by Gasteiger charge is -2.32. The van der Waals surface area contributed by atoms with Gasteiger partial charge in [-0.1, -0.05) is 24.3 Å². The SMILES string of the molecule is CN1CCN(Cc2ccc(-c3cn(-c4nccc5c4N=CCC5=O)nc3N)cc2)CC1. The molecule has 1 saturated heterocycles. The van der Waals surface area contributed by atoms with Gasteiger partial charge in [-0.15, -0.1) is 5.10 Å². The van der Waals surface area contributed by atoms with Gasteiger partial charge < -0.3 is 10.6 Å². The van der Waals surface area contributed by atoms with E-state index in [2.05, 4.69) is 56.2 Å². The van der Waals surface area contributed by atoms with Gasteiger partial charge in [0.2, 0.25) is 0 Å². The van der Waals surface area contributed by atoms with Crippen molar-refractivity contribution < 1.29 is 4.79 Å². The number of pyridine rings is 1. The highest BCUT2D eigenvalue weighted by molar-refractivity contribution is 6.10. The Morgan fingerprint density at radius 2 is 1.81 bits per heavy atom. The second kappa shape index (κ2) is 8.05. The van der Waals surface area contributed by atoms with E-state index in [1.54, 1.807) is 23.2 Å². The summed E-state index contributed by atoms with van der Waals surface area (Å²) in [5.74, 6) is 0.953. The number of hydrogen-bond donors (Lipinski definition) is 1. The van der Waals surface area contributed by atoms with Gasteiger partial charge in [-0.3, -0.25) is 14.7 Å². The zero-order valence-electron chi connectivity index (χ0n) is 17.5. The van der Waals surface area contributed by atoms with E-state index in [-0.39, 0.29) is 5.78 Å². The van der Waals surface area contributed by atoms with E-state index in [9.17, 15) is 4.79 Å². The summed E-state index contributed by atoms with van der Waals surface area (Å²) in [7, 11) is 2.17. The lowest BCUT2D eigenvalue weighted by atomic mass is 10.1. The number of anilines is 1. The van der Waals surface area contributed by atoms with Crippen molar-refractivity contribution in [2.24, 2.45) is 4.99 Å². The molecule has 2 aromatic heterocycles. The second-order valence-electron chi connectivity index (χ2n) is 8.12. The maximum atomic E-state index is 12.2. The minimum atomic E-state index is 0.0324. The standard InChI is InChI=1S/C23H25N7O/c1-28-10-12-29(13-11-28)14-16-2-4-17(5-3-16)19-15-30(27-22(19)24)23-21-18(6-8-26-23)20(31)7-9-25-21/h2-6,8-9,15H,7,10-14H2,1H3,(H2,24,27). The molecule has 0 aliphatic carbocycles. The highest BCUT2D eigenvalue weighted by Gasteiger charge is 2.21. The van der Waals surface area contributed by atoms with Gasteiger partial charge in [-0.05, 0) is 24.2 Å². The van der Waals surface area contributed by atoms with Crippen molar-refractivity contribution in [3.05, 3.63) is 53.9 Å². The van der Waals surface area contributed by atoms with Crippen LogP contribution in [0.4, 0.5) is 11.5 Å². The van der Waals surface area contributed by atoms with Gasteiger partial charge in [0.05, 0.1) is 0 Å². The number of carbonyl (C=O) groups excluding carboxylic acids is 1. The number of aliphatic imine (C=N–C) groups is 1. The van der Waals surface area contributed by atoms with Crippen LogP contribution in [0.3, 0.4) is 0 Å². The quantitative estimate of drug-likeness (QED) is 0.704. The number of carbonyl (C=O) groups is 1. The molecule has 8 nitrogen and oxygen atoms in total. The third kappa shape index (κ3) is 3.87. The molecule has 0 saturated carbocycles. The molecule has 0 spiro atoms. The Bertz CT molecular complexity index is 1140. The van der Waals surface area contributed by atoms with Crippen LogP contribution >= 0.6 is 0 Å². The first-order chi connectivity index (χ1) is 15.1. The molecule has 1 fully saturated rings. The van der Waals surface area contributed by atoms with Crippen molar-refractivity contribution in [1.82, 2.24) is 24.6 Å². The summed E-state index contributed by atoms with van der Waals surface area (Å²) < 4.78 is 1.61. The molecular weight excluding hydrogens is 390 g/mol. The largest absolute Gasteiger partial charge is 0.382 e. The van der Waals surface area contributed by atoms with Crippen LogP contribution in [0.15, 0.2) is 47.7 Å². The number of fused-ring (bicyclic) bond motifs is 1. The first kappa shape index (κ1) is 19.6. The number of hydrogen-bond acceptors (Lipinski definition) is 7. The number of nitrogens with zero attached hydrogens (tertiary/aromatic N) is 6. The molecule has 2 N–H and O–H groups in total. The van der Waals surface area contributed by atoms with E-state index < -0.39 is 0 Å². The Kier molecular flexibility index (Phi) is 5.09. The summed E-state index contributed by atoms with van der Waals surface area (Å²) in [4.78, 5) is 25.8. The number of nitrogen functional groups attached to an aromatic ring is 1. The van der Waals surface area contributed by atoms with Crippen molar-refractivity contribution >= 4 is 23.5 Å². The van der Waals surface area contributed by atoms with E-state index in [1.165, 1.54) is 5.56 Å². The monoisotopic (exact) mass is 415 g/mol. The van der Waals surface area contributed by atoms with Crippen molar-refractivity contribution in [3.63, 3.8) is 0 Å². The molecule has 0 bridgehead atoms. The molecule has 8 heteroatoms. The molecule has 1 aromatic carbocycles. The van der Waals surface area contributed by atoms with Crippen LogP contribution in [0.5, 0.6) is 0 Å². The summed E-state index contributed by atoms with van der Waals surface area (Å²) in [6, 6.07) is 10.2. The first-order valence-corrected chi connectivity index (χ1v) is 10.5. The number of rotatable bonds is 4. The smallest absolute Gasteiger partial charge is 0.180 e. The van der Waals surface area contributed by atoms with Gasteiger partial charge >= 0.3 is 0 Å². The van der Waals surface area contributed by atoms with Gasteiger partial charge in [0, 0.05) is 68.9 Å². The summed E-state index contributed by atoms with van der Waals surface area (Å²) in [5.41, 5.74) is 10.4. The Morgan fingerprint density at radius 3 is 2.58 bits per heavy atom. The number of piperazine rings is 1. The molecule has 2 aliphatic rings. The minimum absolute atomic E-state index is 0.0324. The zero-order valence-corrected chi connectivity index (χ0v) is 17.5. The van der Waals surface area contributed by atoms with E-state index in [1.807, 2.05) is 6.20 Å². The zero-order chi connectivity index (χ0) is 21.4. The average Bonchev–Trinajstić information content (AvgIpc) is 3.17. The lowest BCUT2D eigenvalue weighted by molar-refractivity contribution is 0.100. The molecule has 0 atom stereocenters. The average molecular weight is 416 g/mol. The lowest BCUT2D eigenvalue weighted by Crippen LogP contribution is -2.43. The van der Waals surface area contributed by atoms with Crippen LogP contribution in [-0.4, -0.2) is 69.8 Å². The van der Waals surface area contributed by atoms with Crippen molar-refractivity contribution in [2.45, 2.75) is 13.0 Å². The number of nitrogens with two attached hydrogens (primary N) is 1. The maximum Gasteiger partial charge on any atom is 0.180 e. The number of aromatic nitrogens is 3. The first-order valence-electron chi connectivity index (χ1n) is 10.5. The topological polar surface area (TPSA) is 92.6 Å². The Hall–Kier alpha value is -3.36. The van der Waals surface area contributed by atoms with E-state index in [0.717, 1.165) is 43.9 Å². The molecule has 158 valence electrons. The van der Waals surface area contributed by atoms with Gasteiger partial charge in [0.15, 0.2) is 17.4 Å². The summed E-state index contributed by atoms with van der Waals surface area (Å²) >= 11 is 0. The van der Waals surface area contributed by atoms with Crippen molar-refractivity contribution in [3.8, 4) is 16.9 Å². The van der Waals surface area contributed by atoms with Crippen LogP contribution in [0.1, 0.15) is 22.3 Å². The fourth-order valence-corrected chi connectivity index (χ4v) is 4.06. The van der Waals surface area contributed by atoms with Gasteiger partial charge in [-0.2, -0.15) is 0 Å².